The SMILES string of the molecule is C[N+]1(C)[C@@H]2CC[C@H]1C[C@@H](OC(=O)Nc1cccc(F)c1-c1cccc(Cl)c1)C2.[Br-]. The van der Waals surface area contributed by atoms with Crippen LogP contribution in [-0.2, 0) is 4.74 Å². The van der Waals surface area contributed by atoms with Gasteiger partial charge in [-0.15, -0.1) is 0 Å². The first-order chi connectivity index (χ1) is 13.3. The van der Waals surface area contributed by atoms with Crippen LogP contribution < -0.4 is 22.3 Å². The molecule has 0 radical (unpaired) electrons. The Kier molecular flexibility index (Phi) is 6.56. The molecule has 29 heavy (non-hydrogen) atoms. The quantitative estimate of drug-likeness (QED) is 0.681. The topological polar surface area (TPSA) is 38.3 Å². The molecule has 3 atom stereocenters. The first kappa shape index (κ1) is 22.1. The van der Waals surface area contributed by atoms with Crippen LogP contribution in [0.2, 0.25) is 5.02 Å². The van der Waals surface area contributed by atoms with E-state index in [0.29, 0.717) is 33.9 Å². The summed E-state index contributed by atoms with van der Waals surface area (Å²) in [6.45, 7) is 0. The number of hydrogen-bond acceptors (Lipinski definition) is 2. The number of halogens is 3. The van der Waals surface area contributed by atoms with Gasteiger partial charge in [-0.3, -0.25) is 5.32 Å². The summed E-state index contributed by atoms with van der Waals surface area (Å²) in [4.78, 5) is 12.6. The first-order valence-electron chi connectivity index (χ1n) is 9.70. The molecule has 2 heterocycles. The van der Waals surface area contributed by atoms with Gasteiger partial charge >= 0.3 is 6.09 Å². The molecule has 1 N–H and O–H groups in total. The van der Waals surface area contributed by atoms with E-state index in [1.165, 1.54) is 18.9 Å². The molecule has 1 amide bonds. The van der Waals surface area contributed by atoms with Crippen molar-refractivity contribution in [2.45, 2.75) is 43.9 Å². The fraction of sp³-hybridized carbons (Fsp3) is 0.409. The van der Waals surface area contributed by atoms with Crippen LogP contribution in [0.3, 0.4) is 0 Å². The van der Waals surface area contributed by atoms with Gasteiger partial charge in [0.25, 0.3) is 0 Å². The van der Waals surface area contributed by atoms with Crippen molar-refractivity contribution >= 4 is 23.4 Å². The van der Waals surface area contributed by atoms with E-state index in [1.807, 2.05) is 0 Å². The normalized spacial score (nSPS) is 24.5. The van der Waals surface area contributed by atoms with E-state index < -0.39 is 11.9 Å². The minimum atomic E-state index is -0.537. The molecule has 4 rings (SSSR count). The highest BCUT2D eigenvalue weighted by atomic mass is 79.9. The van der Waals surface area contributed by atoms with Gasteiger partial charge in [0, 0.05) is 36.3 Å². The van der Waals surface area contributed by atoms with Crippen molar-refractivity contribution in [2.75, 3.05) is 19.4 Å². The summed E-state index contributed by atoms with van der Waals surface area (Å²) in [6.07, 6.45) is 3.49. The standard InChI is InChI=1S/C22H24ClFN2O2.BrH/c1-26(2)16-9-10-17(26)13-18(12-16)28-22(27)25-20-8-4-7-19(24)21(20)14-5-3-6-15(23)11-14;/h3-8,11,16-18H,9-10,12-13H2,1-2H3;1H/t16-,17+,18+;. The molecular weight excluding hydrogens is 459 g/mol. The number of rotatable bonds is 3. The number of carbonyl (C=O) groups is 1. The second-order valence-corrected chi connectivity index (χ2v) is 8.75. The van der Waals surface area contributed by atoms with Gasteiger partial charge in [0.1, 0.15) is 11.9 Å². The third-order valence-corrected chi connectivity index (χ3v) is 6.66. The molecule has 0 saturated carbocycles. The lowest BCUT2D eigenvalue weighted by molar-refractivity contribution is -0.931. The number of fused-ring (bicyclic) bond motifs is 2. The number of nitrogens with one attached hydrogen (secondary N) is 1. The Morgan fingerprint density at radius 2 is 1.79 bits per heavy atom. The van der Waals surface area contributed by atoms with Crippen molar-refractivity contribution in [2.24, 2.45) is 0 Å². The summed E-state index contributed by atoms with van der Waals surface area (Å²) >= 11 is 6.05. The zero-order valence-corrected chi connectivity index (χ0v) is 18.8. The summed E-state index contributed by atoms with van der Waals surface area (Å²) < 4.78 is 21.3. The maximum Gasteiger partial charge on any atom is 0.411 e. The molecule has 0 unspecified atom stereocenters. The van der Waals surface area contributed by atoms with Gasteiger partial charge in [-0.05, 0) is 29.8 Å². The number of hydrogen-bond donors (Lipinski definition) is 1. The Morgan fingerprint density at radius 3 is 2.45 bits per heavy atom. The Morgan fingerprint density at radius 1 is 1.14 bits per heavy atom. The fourth-order valence-electron chi connectivity index (χ4n) is 4.78. The predicted octanol–water partition coefficient (Wildman–Crippen LogP) is 2.47. The number of anilines is 1. The molecule has 2 aromatic rings. The van der Waals surface area contributed by atoms with Crippen LogP contribution in [0.1, 0.15) is 25.7 Å². The average molecular weight is 484 g/mol. The van der Waals surface area contributed by atoms with Crippen LogP contribution >= 0.6 is 11.6 Å². The lowest BCUT2D eigenvalue weighted by Gasteiger charge is -2.43. The maximum absolute atomic E-state index is 14.5. The van der Waals surface area contributed by atoms with Gasteiger partial charge in [0.15, 0.2) is 0 Å². The molecule has 156 valence electrons. The summed E-state index contributed by atoms with van der Waals surface area (Å²) in [5.74, 6) is -0.421. The van der Waals surface area contributed by atoms with E-state index in [1.54, 1.807) is 36.4 Å². The minimum Gasteiger partial charge on any atom is -1.00 e. The highest BCUT2D eigenvalue weighted by Gasteiger charge is 2.49. The van der Waals surface area contributed by atoms with E-state index in [4.69, 9.17) is 16.3 Å². The van der Waals surface area contributed by atoms with E-state index in [2.05, 4.69) is 19.4 Å². The molecule has 0 aromatic heterocycles. The van der Waals surface area contributed by atoms with Gasteiger partial charge in [-0.1, -0.05) is 29.8 Å². The number of carbonyl (C=O) groups excluding carboxylic acids is 1. The molecular formula is C22H25BrClFN2O2. The fourth-order valence-corrected chi connectivity index (χ4v) is 4.97. The Balaban J connectivity index is 0.00000240. The largest absolute Gasteiger partial charge is 1.00 e. The summed E-state index contributed by atoms with van der Waals surface area (Å²) in [5, 5.41) is 3.25. The highest BCUT2D eigenvalue weighted by molar-refractivity contribution is 6.30. The monoisotopic (exact) mass is 482 g/mol. The predicted molar refractivity (Wildman–Crippen MR) is 109 cm³/mol. The smallest absolute Gasteiger partial charge is 0.411 e. The van der Waals surface area contributed by atoms with Gasteiger partial charge in [-0.25, -0.2) is 9.18 Å². The van der Waals surface area contributed by atoms with E-state index in [9.17, 15) is 9.18 Å². The van der Waals surface area contributed by atoms with Crippen LogP contribution in [0.5, 0.6) is 0 Å². The van der Waals surface area contributed by atoms with Crippen LogP contribution in [0.15, 0.2) is 42.5 Å². The van der Waals surface area contributed by atoms with Crippen molar-refractivity contribution in [3.8, 4) is 11.1 Å². The zero-order valence-electron chi connectivity index (χ0n) is 16.5. The lowest BCUT2D eigenvalue weighted by Crippen LogP contribution is -3.00. The van der Waals surface area contributed by atoms with Gasteiger partial charge in [0.05, 0.1) is 31.9 Å². The molecule has 2 saturated heterocycles. The lowest BCUT2D eigenvalue weighted by atomic mass is 9.98. The third kappa shape index (κ3) is 4.44. The molecule has 7 heteroatoms. The van der Waals surface area contributed by atoms with Gasteiger partial charge in [0.2, 0.25) is 0 Å². The summed E-state index contributed by atoms with van der Waals surface area (Å²) in [7, 11) is 4.53. The van der Waals surface area contributed by atoms with Crippen molar-refractivity contribution in [3.63, 3.8) is 0 Å². The Bertz CT molecular complexity index is 892. The van der Waals surface area contributed by atoms with E-state index in [-0.39, 0.29) is 23.1 Å². The molecule has 4 nitrogen and oxygen atoms in total. The van der Waals surface area contributed by atoms with Gasteiger partial charge in [-0.2, -0.15) is 0 Å². The van der Waals surface area contributed by atoms with E-state index in [0.717, 1.165) is 17.3 Å². The van der Waals surface area contributed by atoms with Crippen LogP contribution in [0, 0.1) is 5.82 Å². The Hall–Kier alpha value is -1.63. The number of piperidine rings is 1. The number of quaternary nitrogens is 1. The molecule has 2 bridgehead atoms. The second kappa shape index (κ2) is 8.62. The van der Waals surface area contributed by atoms with Crippen molar-refractivity contribution in [1.82, 2.24) is 0 Å². The molecule has 2 aromatic carbocycles. The molecule has 2 aliphatic rings. The number of nitrogens with zero attached hydrogens (tertiary/aromatic N) is 1. The molecule has 2 aliphatic heterocycles. The molecule has 0 spiro atoms. The number of benzene rings is 2. The van der Waals surface area contributed by atoms with Crippen molar-refractivity contribution in [1.29, 1.82) is 0 Å². The average Bonchev–Trinajstić information content (AvgIpc) is 2.80. The molecule has 2 fully saturated rings. The summed E-state index contributed by atoms with van der Waals surface area (Å²) in [6, 6.07) is 12.6. The Labute approximate surface area is 186 Å². The van der Waals surface area contributed by atoms with E-state index >= 15 is 0 Å². The van der Waals surface area contributed by atoms with Crippen molar-refractivity contribution in [3.05, 3.63) is 53.3 Å². The van der Waals surface area contributed by atoms with Crippen molar-refractivity contribution < 1.29 is 35.4 Å². The third-order valence-electron chi connectivity index (χ3n) is 6.42. The number of ether oxygens (including phenoxy) is 1. The maximum atomic E-state index is 14.5. The van der Waals surface area contributed by atoms with Crippen LogP contribution in [0.4, 0.5) is 14.9 Å². The summed E-state index contributed by atoms with van der Waals surface area (Å²) in [5.41, 5.74) is 1.29. The first-order valence-corrected chi connectivity index (χ1v) is 10.1. The second-order valence-electron chi connectivity index (χ2n) is 8.31. The van der Waals surface area contributed by atoms with Crippen LogP contribution in [-0.4, -0.2) is 42.9 Å². The highest BCUT2D eigenvalue weighted by Crippen LogP contribution is 2.40. The molecule has 0 aliphatic carbocycles. The zero-order chi connectivity index (χ0) is 19.9. The minimum absolute atomic E-state index is 0. The number of amides is 1. The van der Waals surface area contributed by atoms with Crippen LogP contribution in [0.25, 0.3) is 11.1 Å². The van der Waals surface area contributed by atoms with Gasteiger partial charge < -0.3 is 26.2 Å².